The number of hydrogen-bond acceptors (Lipinski definition) is 4. The second-order valence-corrected chi connectivity index (χ2v) is 6.97. The molecule has 0 saturated carbocycles. The number of pyridine rings is 1. The normalized spacial score (nSPS) is 18.5. The smallest absolute Gasteiger partial charge is 0.191 e. The Labute approximate surface area is 174 Å². The minimum absolute atomic E-state index is 0. The molecule has 0 aliphatic carbocycles. The maximum atomic E-state index is 4.61. The second-order valence-electron chi connectivity index (χ2n) is 6.97. The van der Waals surface area contributed by atoms with Gasteiger partial charge in [0, 0.05) is 46.0 Å². The minimum Gasteiger partial charge on any atom is -0.357 e. The Morgan fingerprint density at radius 3 is 2.42 bits per heavy atom. The molecule has 0 atom stereocenters. The average molecular weight is 472 g/mol. The van der Waals surface area contributed by atoms with Crippen molar-refractivity contribution in [1.29, 1.82) is 0 Å². The van der Waals surface area contributed by atoms with Crippen LogP contribution in [0.2, 0.25) is 0 Å². The minimum atomic E-state index is 0. The van der Waals surface area contributed by atoms with E-state index in [1.165, 1.54) is 50.8 Å². The lowest BCUT2D eigenvalue weighted by atomic mass is 10.1. The summed E-state index contributed by atoms with van der Waals surface area (Å²) in [6, 6.07) is 4.30. The summed E-state index contributed by atoms with van der Waals surface area (Å²) < 4.78 is 0. The van der Waals surface area contributed by atoms with Crippen LogP contribution in [0.5, 0.6) is 0 Å². The lowest BCUT2D eigenvalue weighted by molar-refractivity contribution is 0.232. The first-order valence-corrected chi connectivity index (χ1v) is 9.72. The molecule has 1 aromatic rings. The van der Waals surface area contributed by atoms with Crippen molar-refractivity contribution in [1.82, 2.24) is 20.5 Å². The molecule has 3 heterocycles. The highest BCUT2D eigenvalue weighted by Gasteiger charge is 2.13. The molecule has 0 radical (unpaired) electrons. The number of aliphatic imine (C=N–C) groups is 1. The average Bonchev–Trinajstić information content (AvgIpc) is 3.20. The molecule has 1 aromatic heterocycles. The van der Waals surface area contributed by atoms with E-state index in [0.29, 0.717) is 0 Å². The van der Waals surface area contributed by atoms with Crippen molar-refractivity contribution >= 4 is 35.8 Å². The third-order valence-corrected chi connectivity index (χ3v) is 5.09. The van der Waals surface area contributed by atoms with Crippen LogP contribution < -0.4 is 15.5 Å². The first-order valence-electron chi connectivity index (χ1n) is 9.72. The summed E-state index contributed by atoms with van der Waals surface area (Å²) in [5.74, 6) is 1.96. The fourth-order valence-corrected chi connectivity index (χ4v) is 3.58. The summed E-state index contributed by atoms with van der Waals surface area (Å²) in [5, 5.41) is 6.79. The number of hydrogen-bond donors (Lipinski definition) is 2. The van der Waals surface area contributed by atoms with Gasteiger partial charge in [-0.2, -0.15) is 0 Å². The second kappa shape index (κ2) is 11.6. The molecule has 0 bridgehead atoms. The van der Waals surface area contributed by atoms with Crippen LogP contribution in [0, 0.1) is 0 Å². The van der Waals surface area contributed by atoms with E-state index >= 15 is 0 Å². The number of rotatable bonds is 6. The number of nitrogens with zero attached hydrogens (tertiary/aromatic N) is 4. The monoisotopic (exact) mass is 472 g/mol. The van der Waals surface area contributed by atoms with Crippen molar-refractivity contribution in [3.8, 4) is 0 Å². The molecule has 0 aromatic carbocycles. The van der Waals surface area contributed by atoms with E-state index in [4.69, 9.17) is 0 Å². The highest BCUT2D eigenvalue weighted by Crippen LogP contribution is 2.17. The van der Waals surface area contributed by atoms with Crippen molar-refractivity contribution in [2.45, 2.75) is 38.6 Å². The standard InChI is InChI=1S/C19H32N6.HI/c1-20-19(21-9-14-24-10-3-2-4-11-24)23-16-17-7-8-18(22-15-17)25-12-5-6-13-25;/h7-8,15H,2-6,9-14,16H2,1H3,(H2,20,21,23);1H. The van der Waals surface area contributed by atoms with E-state index in [1.54, 1.807) is 0 Å². The Hall–Kier alpha value is -1.09. The lowest BCUT2D eigenvalue weighted by Crippen LogP contribution is -2.42. The summed E-state index contributed by atoms with van der Waals surface area (Å²) in [4.78, 5) is 13.8. The highest BCUT2D eigenvalue weighted by molar-refractivity contribution is 14.0. The quantitative estimate of drug-likeness (QED) is 0.379. The fraction of sp³-hybridized carbons (Fsp3) is 0.684. The first-order chi connectivity index (χ1) is 12.3. The third-order valence-electron chi connectivity index (χ3n) is 5.09. The van der Waals surface area contributed by atoms with Crippen molar-refractivity contribution in [3.05, 3.63) is 23.9 Å². The van der Waals surface area contributed by atoms with Crippen LogP contribution in [0.4, 0.5) is 5.82 Å². The summed E-state index contributed by atoms with van der Waals surface area (Å²) in [7, 11) is 1.82. The molecule has 146 valence electrons. The molecule has 0 amide bonds. The maximum Gasteiger partial charge on any atom is 0.191 e. The fourth-order valence-electron chi connectivity index (χ4n) is 3.58. The van der Waals surface area contributed by atoms with E-state index in [0.717, 1.165) is 44.5 Å². The molecular weight excluding hydrogens is 439 g/mol. The number of piperidine rings is 1. The van der Waals surface area contributed by atoms with Crippen LogP contribution in [0.25, 0.3) is 0 Å². The van der Waals surface area contributed by atoms with Gasteiger partial charge in [-0.05, 0) is 50.4 Å². The third kappa shape index (κ3) is 6.57. The Balaban J connectivity index is 0.00000243. The van der Waals surface area contributed by atoms with Gasteiger partial charge in [0.05, 0.1) is 0 Å². The van der Waals surface area contributed by atoms with E-state index in [2.05, 4.69) is 42.5 Å². The highest BCUT2D eigenvalue weighted by atomic mass is 127. The van der Waals surface area contributed by atoms with Crippen LogP contribution in [0.3, 0.4) is 0 Å². The Bertz CT molecular complexity index is 535. The van der Waals surface area contributed by atoms with Gasteiger partial charge in [-0.25, -0.2) is 4.98 Å². The molecule has 2 N–H and O–H groups in total. The largest absolute Gasteiger partial charge is 0.357 e. The molecule has 2 saturated heterocycles. The SMILES string of the molecule is CN=C(NCCN1CCCCC1)NCc1ccc(N2CCCC2)nc1.I. The van der Waals surface area contributed by atoms with E-state index in [-0.39, 0.29) is 24.0 Å². The Morgan fingerprint density at radius 1 is 1.04 bits per heavy atom. The molecule has 3 rings (SSSR count). The lowest BCUT2D eigenvalue weighted by Gasteiger charge is -2.26. The van der Waals surface area contributed by atoms with Gasteiger partial charge in [0.2, 0.25) is 0 Å². The van der Waals surface area contributed by atoms with Crippen LogP contribution in [0.15, 0.2) is 23.3 Å². The van der Waals surface area contributed by atoms with E-state index < -0.39 is 0 Å². The Kier molecular flexibility index (Phi) is 9.45. The van der Waals surface area contributed by atoms with Crippen molar-refractivity contribution in [2.24, 2.45) is 4.99 Å². The molecule has 0 unspecified atom stereocenters. The molecule has 0 spiro atoms. The zero-order valence-corrected chi connectivity index (χ0v) is 18.2. The summed E-state index contributed by atoms with van der Waals surface area (Å²) >= 11 is 0. The zero-order valence-electron chi connectivity index (χ0n) is 15.9. The predicted molar refractivity (Wildman–Crippen MR) is 120 cm³/mol. The predicted octanol–water partition coefficient (Wildman–Crippen LogP) is 2.45. The maximum absolute atomic E-state index is 4.61. The van der Waals surface area contributed by atoms with Crippen molar-refractivity contribution in [2.75, 3.05) is 51.2 Å². The summed E-state index contributed by atoms with van der Waals surface area (Å²) in [6.07, 6.45) is 8.61. The van der Waals surface area contributed by atoms with Crippen molar-refractivity contribution in [3.63, 3.8) is 0 Å². The van der Waals surface area contributed by atoms with Gasteiger partial charge < -0.3 is 20.4 Å². The van der Waals surface area contributed by atoms with Gasteiger partial charge in [0.25, 0.3) is 0 Å². The van der Waals surface area contributed by atoms with Crippen LogP contribution >= 0.6 is 24.0 Å². The van der Waals surface area contributed by atoms with Crippen LogP contribution in [0.1, 0.15) is 37.7 Å². The molecule has 2 fully saturated rings. The molecular formula is C19H33IN6. The van der Waals surface area contributed by atoms with Crippen LogP contribution in [-0.2, 0) is 6.54 Å². The summed E-state index contributed by atoms with van der Waals surface area (Å²) in [6.45, 7) is 7.52. The Morgan fingerprint density at radius 2 is 1.77 bits per heavy atom. The molecule has 6 nitrogen and oxygen atoms in total. The van der Waals surface area contributed by atoms with Crippen LogP contribution in [-0.4, -0.2) is 62.2 Å². The first kappa shape index (κ1) is 21.2. The number of nitrogens with one attached hydrogen (secondary N) is 2. The van der Waals surface area contributed by atoms with Gasteiger partial charge in [0.1, 0.15) is 5.82 Å². The van der Waals surface area contributed by atoms with Gasteiger partial charge in [0.15, 0.2) is 5.96 Å². The molecule has 2 aliphatic rings. The van der Waals surface area contributed by atoms with Gasteiger partial charge in [-0.1, -0.05) is 12.5 Å². The number of likely N-dealkylation sites (tertiary alicyclic amines) is 1. The van der Waals surface area contributed by atoms with E-state index in [9.17, 15) is 0 Å². The van der Waals surface area contributed by atoms with Gasteiger partial charge in [-0.15, -0.1) is 24.0 Å². The van der Waals surface area contributed by atoms with Gasteiger partial charge >= 0.3 is 0 Å². The number of aromatic nitrogens is 1. The number of halogens is 1. The number of anilines is 1. The molecule has 7 heteroatoms. The summed E-state index contributed by atoms with van der Waals surface area (Å²) in [5.41, 5.74) is 1.18. The van der Waals surface area contributed by atoms with Gasteiger partial charge in [-0.3, -0.25) is 4.99 Å². The zero-order chi connectivity index (χ0) is 17.3. The molecule has 26 heavy (non-hydrogen) atoms. The van der Waals surface area contributed by atoms with E-state index in [1.807, 2.05) is 13.2 Å². The topological polar surface area (TPSA) is 55.8 Å². The number of guanidine groups is 1. The van der Waals surface area contributed by atoms with Crippen molar-refractivity contribution < 1.29 is 0 Å². The molecule has 2 aliphatic heterocycles.